The number of nitro benzene ring substituents is 1. The lowest BCUT2D eigenvalue weighted by atomic mass is 9.99. The van der Waals surface area contributed by atoms with Crippen LogP contribution in [-0.4, -0.2) is 53.6 Å². The van der Waals surface area contributed by atoms with Crippen molar-refractivity contribution in [3.8, 4) is 11.5 Å². The molecule has 4 rings (SSSR count). The summed E-state index contributed by atoms with van der Waals surface area (Å²) in [7, 11) is 0. The third kappa shape index (κ3) is 4.17. The average molecular weight is 397 g/mol. The molecule has 29 heavy (non-hydrogen) atoms. The van der Waals surface area contributed by atoms with Gasteiger partial charge >= 0.3 is 0 Å². The van der Waals surface area contributed by atoms with Crippen molar-refractivity contribution in [3.63, 3.8) is 0 Å². The zero-order valence-electron chi connectivity index (χ0n) is 16.2. The zero-order valence-corrected chi connectivity index (χ0v) is 16.2. The quantitative estimate of drug-likeness (QED) is 0.570. The van der Waals surface area contributed by atoms with E-state index < -0.39 is 4.92 Å². The van der Waals surface area contributed by atoms with Gasteiger partial charge in [-0.2, -0.15) is 0 Å². The first-order chi connectivity index (χ1) is 14.0. The highest BCUT2D eigenvalue weighted by Gasteiger charge is 2.26. The van der Waals surface area contributed by atoms with E-state index in [0.717, 1.165) is 42.3 Å². The summed E-state index contributed by atoms with van der Waals surface area (Å²) < 4.78 is 10.8. The van der Waals surface area contributed by atoms with Crippen LogP contribution < -0.4 is 9.47 Å². The molecule has 1 saturated heterocycles. The number of hydrogen-bond acceptors (Lipinski definition) is 6. The number of nitrogens with zero attached hydrogens (tertiary/aromatic N) is 3. The lowest BCUT2D eigenvalue weighted by Gasteiger charge is -2.36. The third-order valence-electron chi connectivity index (χ3n) is 5.50. The average Bonchev–Trinajstić information content (AvgIpc) is 3.21. The Morgan fingerprint density at radius 3 is 2.45 bits per heavy atom. The highest BCUT2D eigenvalue weighted by Crippen LogP contribution is 2.33. The molecule has 0 spiro atoms. The van der Waals surface area contributed by atoms with Crippen LogP contribution in [0.15, 0.2) is 42.5 Å². The van der Waals surface area contributed by atoms with Gasteiger partial charge in [0.05, 0.1) is 10.8 Å². The first-order valence-corrected chi connectivity index (χ1v) is 9.65. The highest BCUT2D eigenvalue weighted by atomic mass is 16.7. The normalized spacial score (nSPS) is 17.2. The summed E-state index contributed by atoms with van der Waals surface area (Å²) in [4.78, 5) is 27.4. The van der Waals surface area contributed by atoms with E-state index >= 15 is 0 Å². The Morgan fingerprint density at radius 2 is 1.76 bits per heavy atom. The molecule has 8 heteroatoms. The van der Waals surface area contributed by atoms with Crippen molar-refractivity contribution in [1.29, 1.82) is 0 Å². The van der Waals surface area contributed by atoms with Gasteiger partial charge < -0.3 is 14.4 Å². The van der Waals surface area contributed by atoms with Crippen LogP contribution in [0.3, 0.4) is 0 Å². The Balaban J connectivity index is 1.31. The lowest BCUT2D eigenvalue weighted by molar-refractivity contribution is -0.384. The fourth-order valence-electron chi connectivity index (χ4n) is 3.73. The van der Waals surface area contributed by atoms with Crippen molar-refractivity contribution in [2.45, 2.75) is 19.4 Å². The second-order valence-corrected chi connectivity index (χ2v) is 7.36. The Labute approximate surface area is 168 Å². The van der Waals surface area contributed by atoms with E-state index in [1.807, 2.05) is 30.0 Å². The lowest BCUT2D eigenvalue weighted by Crippen LogP contribution is -2.49. The number of nitro groups is 1. The number of ether oxygens (including phenoxy) is 2. The third-order valence-corrected chi connectivity index (χ3v) is 5.50. The topological polar surface area (TPSA) is 85.2 Å². The molecule has 0 N–H and O–H groups in total. The van der Waals surface area contributed by atoms with E-state index in [0.29, 0.717) is 13.1 Å². The first kappa shape index (κ1) is 19.2. The van der Waals surface area contributed by atoms with Gasteiger partial charge in [0, 0.05) is 44.9 Å². The van der Waals surface area contributed by atoms with Gasteiger partial charge in [-0.25, -0.2) is 0 Å². The van der Waals surface area contributed by atoms with Crippen molar-refractivity contribution in [3.05, 3.63) is 63.7 Å². The van der Waals surface area contributed by atoms with E-state index in [9.17, 15) is 14.9 Å². The number of piperazine rings is 1. The van der Waals surface area contributed by atoms with Gasteiger partial charge in [0.1, 0.15) is 0 Å². The molecule has 0 aliphatic carbocycles. The van der Waals surface area contributed by atoms with Gasteiger partial charge in [0.25, 0.3) is 5.69 Å². The monoisotopic (exact) mass is 397 g/mol. The maximum Gasteiger partial charge on any atom is 0.269 e. The summed E-state index contributed by atoms with van der Waals surface area (Å²) in [5, 5.41) is 10.8. The molecule has 2 aliphatic heterocycles. The van der Waals surface area contributed by atoms with Crippen LogP contribution in [-0.2, 0) is 11.3 Å². The van der Waals surface area contributed by atoms with Crippen LogP contribution >= 0.6 is 0 Å². The van der Waals surface area contributed by atoms with Crippen LogP contribution in [0.5, 0.6) is 11.5 Å². The molecule has 152 valence electrons. The summed E-state index contributed by atoms with van der Waals surface area (Å²) in [6, 6.07) is 12.2. The van der Waals surface area contributed by atoms with Gasteiger partial charge in [0.2, 0.25) is 12.7 Å². The molecule has 8 nitrogen and oxygen atoms in total. The minimum absolute atomic E-state index is 0.0329. The summed E-state index contributed by atoms with van der Waals surface area (Å²) in [6.45, 7) is 5.85. The highest BCUT2D eigenvalue weighted by molar-refractivity contribution is 5.83. The Morgan fingerprint density at radius 1 is 1.07 bits per heavy atom. The summed E-state index contributed by atoms with van der Waals surface area (Å²) in [6.07, 6.45) is 0. The van der Waals surface area contributed by atoms with Crippen molar-refractivity contribution in [2.24, 2.45) is 0 Å². The molecule has 1 amide bonds. The Bertz CT molecular complexity index is 907. The Hall–Kier alpha value is -3.13. The van der Waals surface area contributed by atoms with Crippen LogP contribution in [0, 0.1) is 10.1 Å². The van der Waals surface area contributed by atoms with E-state index in [-0.39, 0.29) is 24.3 Å². The molecule has 1 fully saturated rings. The molecule has 1 atom stereocenters. The number of non-ortho nitro benzene ring substituents is 1. The number of rotatable bonds is 5. The molecule has 0 aromatic heterocycles. The van der Waals surface area contributed by atoms with Crippen molar-refractivity contribution < 1.29 is 19.2 Å². The molecule has 0 saturated carbocycles. The van der Waals surface area contributed by atoms with Gasteiger partial charge in [-0.05, 0) is 30.2 Å². The van der Waals surface area contributed by atoms with Crippen molar-refractivity contribution >= 4 is 11.6 Å². The van der Waals surface area contributed by atoms with E-state index in [1.54, 1.807) is 12.1 Å². The maximum atomic E-state index is 12.9. The number of carbonyl (C=O) groups is 1. The van der Waals surface area contributed by atoms with Gasteiger partial charge in [-0.1, -0.05) is 18.2 Å². The smallest absolute Gasteiger partial charge is 0.269 e. The predicted molar refractivity (Wildman–Crippen MR) is 106 cm³/mol. The molecule has 0 bridgehead atoms. The molecule has 0 unspecified atom stereocenters. The van der Waals surface area contributed by atoms with Crippen LogP contribution in [0.25, 0.3) is 0 Å². The standard InChI is InChI=1S/C21H23N3O5/c1-15(17-3-5-18(6-4-17)24(26)27)21(25)23-10-8-22(9-11-23)13-16-2-7-19-20(12-16)29-14-28-19/h2-7,12,15H,8-11,13-14H2,1H3/t15-/m1/s1. The molecule has 2 aromatic rings. The second kappa shape index (κ2) is 8.08. The molecule has 2 aromatic carbocycles. The second-order valence-electron chi connectivity index (χ2n) is 7.36. The minimum Gasteiger partial charge on any atom is -0.454 e. The van der Waals surface area contributed by atoms with E-state index in [2.05, 4.69) is 4.90 Å². The van der Waals surface area contributed by atoms with Crippen LogP contribution in [0.4, 0.5) is 5.69 Å². The largest absolute Gasteiger partial charge is 0.454 e. The van der Waals surface area contributed by atoms with Crippen molar-refractivity contribution in [2.75, 3.05) is 33.0 Å². The van der Waals surface area contributed by atoms with Crippen molar-refractivity contribution in [1.82, 2.24) is 9.80 Å². The Kier molecular flexibility index (Phi) is 5.35. The molecule has 0 radical (unpaired) electrons. The predicted octanol–water partition coefficient (Wildman–Crippen LogP) is 2.77. The van der Waals surface area contributed by atoms with Gasteiger partial charge in [-0.3, -0.25) is 19.8 Å². The summed E-state index contributed by atoms with van der Waals surface area (Å²) >= 11 is 0. The molecular weight excluding hydrogens is 374 g/mol. The fourth-order valence-corrected chi connectivity index (χ4v) is 3.73. The number of amides is 1. The zero-order chi connectivity index (χ0) is 20.4. The molecule has 2 aliphatic rings. The maximum absolute atomic E-state index is 12.9. The SMILES string of the molecule is C[C@@H](C(=O)N1CCN(Cc2ccc3c(c2)OCO3)CC1)c1ccc([N+](=O)[O-])cc1. The molecule has 2 heterocycles. The van der Waals surface area contributed by atoms with Crippen LogP contribution in [0.1, 0.15) is 24.0 Å². The van der Waals surface area contributed by atoms with Gasteiger partial charge in [0.15, 0.2) is 11.5 Å². The summed E-state index contributed by atoms with van der Waals surface area (Å²) in [5.41, 5.74) is 1.99. The number of fused-ring (bicyclic) bond motifs is 1. The number of benzene rings is 2. The minimum atomic E-state index is -0.435. The number of hydrogen-bond donors (Lipinski definition) is 0. The van der Waals surface area contributed by atoms with E-state index in [4.69, 9.17) is 9.47 Å². The first-order valence-electron chi connectivity index (χ1n) is 9.65. The fraction of sp³-hybridized carbons (Fsp3) is 0.381. The van der Waals surface area contributed by atoms with Crippen LogP contribution in [0.2, 0.25) is 0 Å². The molecular formula is C21H23N3O5. The van der Waals surface area contributed by atoms with E-state index in [1.165, 1.54) is 12.1 Å². The summed E-state index contributed by atoms with van der Waals surface area (Å²) in [5.74, 6) is 1.30. The van der Waals surface area contributed by atoms with Gasteiger partial charge in [-0.15, -0.1) is 0 Å². The number of carbonyl (C=O) groups excluding carboxylic acids is 1.